The lowest BCUT2D eigenvalue weighted by Crippen LogP contribution is -2.01. The molecular weight excluding hydrogens is 424 g/mol. The van der Waals surface area contributed by atoms with Gasteiger partial charge in [0.25, 0.3) is 5.95 Å². The molecule has 142 valence electrons. The summed E-state index contributed by atoms with van der Waals surface area (Å²) in [5.41, 5.74) is 6.11. The normalized spacial score (nSPS) is 11.4. The van der Waals surface area contributed by atoms with Crippen molar-refractivity contribution in [1.29, 1.82) is 0 Å². The number of aromatic nitrogens is 4. The molecule has 0 unspecified atom stereocenters. The van der Waals surface area contributed by atoms with Gasteiger partial charge in [-0.3, -0.25) is 0 Å². The molecular formula is C19H17BrN6O2. The van der Waals surface area contributed by atoms with E-state index in [1.165, 1.54) is 0 Å². The minimum atomic E-state index is 0.307. The number of hydrogen-bond donors (Lipinski definition) is 1. The molecule has 4 aromatic rings. The fourth-order valence-corrected chi connectivity index (χ4v) is 3.32. The zero-order valence-electron chi connectivity index (χ0n) is 15.5. The molecule has 9 heteroatoms. The van der Waals surface area contributed by atoms with Gasteiger partial charge >= 0.3 is 0 Å². The van der Waals surface area contributed by atoms with Crippen molar-refractivity contribution in [2.75, 3.05) is 19.6 Å². The summed E-state index contributed by atoms with van der Waals surface area (Å²) in [6.07, 6.45) is 1.63. The average Bonchev–Trinajstić information content (AvgIpc) is 2.99. The van der Waals surface area contributed by atoms with Crippen LogP contribution in [-0.4, -0.2) is 40.2 Å². The molecule has 0 amide bonds. The molecule has 0 aliphatic carbocycles. The summed E-state index contributed by atoms with van der Waals surface area (Å²) in [5, 5.41) is 13.7. The summed E-state index contributed by atoms with van der Waals surface area (Å²) in [4.78, 5) is 4.54. The lowest BCUT2D eigenvalue weighted by Gasteiger charge is -2.06. The van der Waals surface area contributed by atoms with Crippen molar-refractivity contribution < 1.29 is 9.47 Å². The van der Waals surface area contributed by atoms with Crippen LogP contribution in [0.1, 0.15) is 5.56 Å². The Labute approximate surface area is 169 Å². The first-order chi connectivity index (χ1) is 13.6. The lowest BCUT2D eigenvalue weighted by molar-refractivity contribution is 0.394. The highest BCUT2D eigenvalue weighted by Gasteiger charge is 2.12. The molecule has 0 atom stereocenters. The Hall–Kier alpha value is -3.20. The van der Waals surface area contributed by atoms with E-state index in [1.54, 1.807) is 26.5 Å². The average molecular weight is 441 g/mol. The van der Waals surface area contributed by atoms with Crippen LogP contribution in [0.15, 0.2) is 46.0 Å². The molecule has 2 heterocycles. The van der Waals surface area contributed by atoms with Crippen LogP contribution < -0.4 is 14.9 Å². The molecule has 0 fully saturated rings. The number of hydrazone groups is 1. The molecule has 28 heavy (non-hydrogen) atoms. The van der Waals surface area contributed by atoms with Crippen LogP contribution in [0.2, 0.25) is 0 Å². The Bertz CT molecular complexity index is 1200. The molecule has 2 aromatic carbocycles. The van der Waals surface area contributed by atoms with E-state index >= 15 is 0 Å². The molecule has 0 aliphatic rings. The smallest absolute Gasteiger partial charge is 0.265 e. The fourth-order valence-electron chi connectivity index (χ4n) is 2.96. The summed E-state index contributed by atoms with van der Waals surface area (Å²) in [5.74, 6) is 1.67. The molecule has 0 spiro atoms. The van der Waals surface area contributed by atoms with E-state index in [-0.39, 0.29) is 0 Å². The number of halogens is 1. The van der Waals surface area contributed by atoms with E-state index in [1.807, 2.05) is 41.9 Å². The third-order valence-electron chi connectivity index (χ3n) is 4.37. The minimum absolute atomic E-state index is 0.307. The van der Waals surface area contributed by atoms with Crippen molar-refractivity contribution in [2.45, 2.75) is 0 Å². The molecule has 4 rings (SSSR count). The van der Waals surface area contributed by atoms with Crippen LogP contribution in [0.25, 0.3) is 22.1 Å². The van der Waals surface area contributed by atoms with Gasteiger partial charge in [-0.1, -0.05) is 15.9 Å². The van der Waals surface area contributed by atoms with E-state index in [2.05, 4.69) is 41.6 Å². The van der Waals surface area contributed by atoms with Gasteiger partial charge in [-0.2, -0.15) is 10.1 Å². The Balaban J connectivity index is 1.63. The van der Waals surface area contributed by atoms with Gasteiger partial charge in [0.1, 0.15) is 17.0 Å². The summed E-state index contributed by atoms with van der Waals surface area (Å²) in [7, 11) is 5.15. The van der Waals surface area contributed by atoms with Crippen molar-refractivity contribution in [1.82, 2.24) is 19.7 Å². The Morgan fingerprint density at radius 3 is 2.75 bits per heavy atom. The van der Waals surface area contributed by atoms with E-state index in [0.717, 1.165) is 32.1 Å². The second-order valence-electron chi connectivity index (χ2n) is 6.01. The minimum Gasteiger partial charge on any atom is -0.497 e. The highest BCUT2D eigenvalue weighted by atomic mass is 79.9. The molecule has 0 bridgehead atoms. The Morgan fingerprint density at radius 1 is 1.11 bits per heavy atom. The van der Waals surface area contributed by atoms with Gasteiger partial charge in [-0.15, -0.1) is 10.2 Å². The van der Waals surface area contributed by atoms with E-state index in [9.17, 15) is 0 Å². The summed E-state index contributed by atoms with van der Waals surface area (Å²) < 4.78 is 13.5. The second-order valence-corrected chi connectivity index (χ2v) is 6.92. The third kappa shape index (κ3) is 3.24. The Morgan fingerprint density at radius 2 is 1.96 bits per heavy atom. The quantitative estimate of drug-likeness (QED) is 0.375. The fraction of sp³-hybridized carbons (Fsp3) is 0.158. The number of ether oxygens (including phenoxy) is 2. The monoisotopic (exact) mass is 440 g/mol. The van der Waals surface area contributed by atoms with Crippen LogP contribution in [0.3, 0.4) is 0 Å². The Kier molecular flexibility index (Phi) is 4.82. The van der Waals surface area contributed by atoms with E-state index in [0.29, 0.717) is 17.4 Å². The number of fused-ring (bicyclic) bond motifs is 3. The number of hydrogen-bond acceptors (Lipinski definition) is 7. The first-order valence-corrected chi connectivity index (χ1v) is 9.19. The largest absolute Gasteiger partial charge is 0.497 e. The summed E-state index contributed by atoms with van der Waals surface area (Å²) >= 11 is 3.49. The van der Waals surface area contributed by atoms with Gasteiger partial charge in [0, 0.05) is 28.5 Å². The molecule has 0 radical (unpaired) electrons. The zero-order valence-corrected chi connectivity index (χ0v) is 17.1. The third-order valence-corrected chi connectivity index (χ3v) is 4.86. The molecule has 0 aliphatic heterocycles. The standard InChI is InChI=1S/C19H17BrN6O2/c1-26-15-7-5-12(20)8-14(15)17-18(26)22-19(25-23-17)24-21-10-11-4-6-13(27-2)9-16(11)28-3/h4-10H,1-3H3,(H,22,24,25)/b21-10+. The van der Waals surface area contributed by atoms with Gasteiger partial charge in [-0.25, -0.2) is 5.43 Å². The maximum Gasteiger partial charge on any atom is 0.265 e. The van der Waals surface area contributed by atoms with Gasteiger partial charge in [0.05, 0.1) is 26.0 Å². The van der Waals surface area contributed by atoms with Gasteiger partial charge in [0.15, 0.2) is 5.65 Å². The summed E-state index contributed by atoms with van der Waals surface area (Å²) in [6.45, 7) is 0. The van der Waals surface area contributed by atoms with Crippen molar-refractivity contribution >= 4 is 50.2 Å². The van der Waals surface area contributed by atoms with Crippen molar-refractivity contribution in [3.8, 4) is 11.5 Å². The second kappa shape index (κ2) is 7.43. The highest BCUT2D eigenvalue weighted by molar-refractivity contribution is 9.10. The van der Waals surface area contributed by atoms with Crippen molar-refractivity contribution in [3.63, 3.8) is 0 Å². The van der Waals surface area contributed by atoms with Crippen LogP contribution in [0.4, 0.5) is 5.95 Å². The van der Waals surface area contributed by atoms with Gasteiger partial charge < -0.3 is 14.0 Å². The molecule has 0 saturated carbocycles. The van der Waals surface area contributed by atoms with Crippen molar-refractivity contribution in [3.05, 3.63) is 46.4 Å². The molecule has 1 N–H and O–H groups in total. The van der Waals surface area contributed by atoms with Crippen LogP contribution >= 0.6 is 15.9 Å². The van der Waals surface area contributed by atoms with Gasteiger partial charge in [0.2, 0.25) is 0 Å². The van der Waals surface area contributed by atoms with Gasteiger partial charge in [-0.05, 0) is 30.3 Å². The molecule has 2 aromatic heterocycles. The first kappa shape index (κ1) is 18.2. The van der Waals surface area contributed by atoms with E-state index < -0.39 is 0 Å². The number of anilines is 1. The number of methoxy groups -OCH3 is 2. The molecule has 0 saturated heterocycles. The highest BCUT2D eigenvalue weighted by Crippen LogP contribution is 2.28. The van der Waals surface area contributed by atoms with E-state index in [4.69, 9.17) is 9.47 Å². The topological polar surface area (TPSA) is 86.5 Å². The molecule has 8 nitrogen and oxygen atoms in total. The maximum atomic E-state index is 5.36. The number of aryl methyl sites for hydroxylation is 1. The van der Waals surface area contributed by atoms with Crippen LogP contribution in [-0.2, 0) is 7.05 Å². The predicted octanol–water partition coefficient (Wildman–Crippen LogP) is 3.74. The SMILES string of the molecule is COc1ccc(/C=N/Nc2nnc3c4cc(Br)ccc4n(C)c3n2)c(OC)c1. The lowest BCUT2D eigenvalue weighted by atomic mass is 10.2. The van der Waals surface area contributed by atoms with Crippen LogP contribution in [0.5, 0.6) is 11.5 Å². The van der Waals surface area contributed by atoms with Crippen molar-refractivity contribution in [2.24, 2.45) is 12.1 Å². The van der Waals surface area contributed by atoms with Crippen LogP contribution in [0, 0.1) is 0 Å². The summed E-state index contributed by atoms with van der Waals surface area (Å²) in [6, 6.07) is 11.5. The maximum absolute atomic E-state index is 5.36. The number of rotatable bonds is 5. The number of benzene rings is 2. The number of nitrogens with one attached hydrogen (secondary N) is 1. The first-order valence-electron chi connectivity index (χ1n) is 8.40. The zero-order chi connectivity index (χ0) is 19.7. The number of nitrogens with zero attached hydrogens (tertiary/aromatic N) is 5. The predicted molar refractivity (Wildman–Crippen MR) is 112 cm³/mol.